The molecule has 0 aliphatic carbocycles. The summed E-state index contributed by atoms with van der Waals surface area (Å²) in [5.41, 5.74) is 9.75. The number of rotatable bonds is 6. The van der Waals surface area contributed by atoms with Gasteiger partial charge in [-0.15, -0.1) is 5.10 Å². The predicted molar refractivity (Wildman–Crippen MR) is 89.6 cm³/mol. The van der Waals surface area contributed by atoms with Gasteiger partial charge in [0.25, 0.3) is 0 Å². The van der Waals surface area contributed by atoms with Crippen molar-refractivity contribution < 1.29 is 0 Å². The summed E-state index contributed by atoms with van der Waals surface area (Å²) in [6.45, 7) is 10.5. The first-order valence-corrected chi connectivity index (χ1v) is 8.54. The smallest absolute Gasteiger partial charge is 0.116 e. The van der Waals surface area contributed by atoms with Crippen LogP contribution >= 0.6 is 0 Å². The van der Waals surface area contributed by atoms with Gasteiger partial charge in [0.1, 0.15) is 5.69 Å². The Morgan fingerprint density at radius 2 is 1.91 bits per heavy atom. The van der Waals surface area contributed by atoms with Crippen LogP contribution in [0.4, 0.5) is 0 Å². The molecular formula is C16H27N7. The summed E-state index contributed by atoms with van der Waals surface area (Å²) in [4.78, 5) is 0. The van der Waals surface area contributed by atoms with Crippen LogP contribution in [-0.4, -0.2) is 36.9 Å². The van der Waals surface area contributed by atoms with Crippen LogP contribution in [0.1, 0.15) is 39.3 Å². The lowest BCUT2D eigenvalue weighted by Gasteiger charge is -2.17. The van der Waals surface area contributed by atoms with Crippen molar-refractivity contribution in [3.8, 4) is 11.3 Å². The van der Waals surface area contributed by atoms with Crippen molar-refractivity contribution in [3.63, 3.8) is 0 Å². The molecule has 3 rings (SSSR count). The quantitative estimate of drug-likeness (QED) is 0.849. The molecule has 2 atom stereocenters. The standard InChI is InChI=1S/C16H27N7/c1-5-7-23-13(4)15(9-17-23)16-10-22(21-20-16)8-6-14-11(2)18-19-12(14)3/h9-12,14,18-19H,5-8H2,1-4H3. The van der Waals surface area contributed by atoms with Crippen molar-refractivity contribution in [2.24, 2.45) is 5.92 Å². The molecule has 1 aliphatic rings. The van der Waals surface area contributed by atoms with Gasteiger partial charge in [-0.25, -0.2) is 0 Å². The lowest BCUT2D eigenvalue weighted by atomic mass is 9.93. The average Bonchev–Trinajstić information content (AvgIpc) is 3.20. The van der Waals surface area contributed by atoms with Gasteiger partial charge in [0, 0.05) is 36.4 Å². The maximum absolute atomic E-state index is 4.44. The van der Waals surface area contributed by atoms with Gasteiger partial charge in [-0.3, -0.25) is 20.2 Å². The van der Waals surface area contributed by atoms with Gasteiger partial charge in [0.2, 0.25) is 0 Å². The molecule has 2 N–H and O–H groups in total. The third-order valence-corrected chi connectivity index (χ3v) is 4.87. The molecule has 0 spiro atoms. The zero-order valence-electron chi connectivity index (χ0n) is 14.5. The van der Waals surface area contributed by atoms with Crippen LogP contribution in [0.2, 0.25) is 0 Å². The Bertz CT molecular complexity index is 635. The Labute approximate surface area is 137 Å². The van der Waals surface area contributed by atoms with E-state index in [4.69, 9.17) is 0 Å². The van der Waals surface area contributed by atoms with Crippen LogP contribution in [-0.2, 0) is 13.1 Å². The normalized spacial score (nSPS) is 24.4. The molecular weight excluding hydrogens is 290 g/mol. The monoisotopic (exact) mass is 317 g/mol. The first kappa shape index (κ1) is 16.1. The van der Waals surface area contributed by atoms with E-state index >= 15 is 0 Å². The van der Waals surface area contributed by atoms with Crippen LogP contribution in [0.25, 0.3) is 11.3 Å². The Hall–Kier alpha value is -1.73. The first-order chi connectivity index (χ1) is 11.1. The Kier molecular flexibility index (Phi) is 4.77. The molecule has 23 heavy (non-hydrogen) atoms. The highest BCUT2D eigenvalue weighted by Gasteiger charge is 2.29. The van der Waals surface area contributed by atoms with E-state index in [-0.39, 0.29) is 0 Å². The second-order valence-electron chi connectivity index (χ2n) is 6.55. The number of nitrogens with zero attached hydrogens (tertiary/aromatic N) is 5. The van der Waals surface area contributed by atoms with Crippen LogP contribution < -0.4 is 10.9 Å². The molecule has 2 aromatic heterocycles. The molecule has 1 aliphatic heterocycles. The molecule has 0 radical (unpaired) electrons. The lowest BCUT2D eigenvalue weighted by molar-refractivity contribution is 0.374. The summed E-state index contributed by atoms with van der Waals surface area (Å²) in [5, 5.41) is 13.1. The van der Waals surface area contributed by atoms with Crippen LogP contribution in [0.3, 0.4) is 0 Å². The summed E-state index contributed by atoms with van der Waals surface area (Å²) in [5.74, 6) is 0.608. The van der Waals surface area contributed by atoms with Crippen molar-refractivity contribution >= 4 is 0 Å². The molecule has 7 nitrogen and oxygen atoms in total. The molecule has 126 valence electrons. The Morgan fingerprint density at radius 1 is 1.17 bits per heavy atom. The zero-order chi connectivity index (χ0) is 16.4. The number of hydrogen-bond donors (Lipinski definition) is 2. The highest BCUT2D eigenvalue weighted by atomic mass is 15.4. The minimum atomic E-state index is 0.488. The number of hydrazine groups is 1. The topological polar surface area (TPSA) is 72.6 Å². The highest BCUT2D eigenvalue weighted by molar-refractivity contribution is 5.59. The van der Waals surface area contributed by atoms with E-state index in [1.54, 1.807) is 0 Å². The van der Waals surface area contributed by atoms with Crippen molar-refractivity contribution in [3.05, 3.63) is 18.1 Å². The molecule has 1 saturated heterocycles. The lowest BCUT2D eigenvalue weighted by Crippen LogP contribution is -2.30. The third kappa shape index (κ3) is 3.30. The van der Waals surface area contributed by atoms with Gasteiger partial charge in [0.15, 0.2) is 0 Å². The van der Waals surface area contributed by atoms with Gasteiger partial charge in [-0.05, 0) is 39.5 Å². The first-order valence-electron chi connectivity index (χ1n) is 8.54. The predicted octanol–water partition coefficient (Wildman–Crippen LogP) is 1.75. The second kappa shape index (κ2) is 6.80. The number of hydrogen-bond acceptors (Lipinski definition) is 5. The fraction of sp³-hybridized carbons (Fsp3) is 0.688. The average molecular weight is 317 g/mol. The Morgan fingerprint density at radius 3 is 2.61 bits per heavy atom. The maximum atomic E-state index is 4.44. The van der Waals surface area contributed by atoms with E-state index in [1.165, 1.54) is 0 Å². The van der Waals surface area contributed by atoms with Gasteiger partial charge in [-0.2, -0.15) is 5.10 Å². The van der Waals surface area contributed by atoms with Gasteiger partial charge in [0.05, 0.1) is 12.4 Å². The summed E-state index contributed by atoms with van der Waals surface area (Å²) in [6, 6.07) is 0.977. The highest BCUT2D eigenvalue weighted by Crippen LogP contribution is 2.22. The van der Waals surface area contributed by atoms with Crippen LogP contribution in [0, 0.1) is 12.8 Å². The molecule has 0 aromatic carbocycles. The molecule has 3 heterocycles. The Balaban J connectivity index is 1.66. The van der Waals surface area contributed by atoms with Gasteiger partial charge in [-0.1, -0.05) is 12.1 Å². The van der Waals surface area contributed by atoms with E-state index < -0.39 is 0 Å². The molecule has 2 unspecified atom stereocenters. The number of aryl methyl sites for hydroxylation is 2. The van der Waals surface area contributed by atoms with Gasteiger partial charge >= 0.3 is 0 Å². The molecule has 0 bridgehead atoms. The van der Waals surface area contributed by atoms with E-state index in [2.05, 4.69) is 54.0 Å². The molecule has 7 heteroatoms. The van der Waals surface area contributed by atoms with Gasteiger partial charge < -0.3 is 0 Å². The molecule has 0 saturated carbocycles. The molecule has 2 aromatic rings. The fourth-order valence-corrected chi connectivity index (χ4v) is 3.36. The van der Waals surface area contributed by atoms with Crippen molar-refractivity contribution in [2.45, 2.75) is 65.7 Å². The molecule has 1 fully saturated rings. The second-order valence-corrected chi connectivity index (χ2v) is 6.55. The zero-order valence-corrected chi connectivity index (χ0v) is 14.5. The van der Waals surface area contributed by atoms with Crippen LogP contribution in [0.15, 0.2) is 12.4 Å². The summed E-state index contributed by atoms with van der Waals surface area (Å²) >= 11 is 0. The maximum Gasteiger partial charge on any atom is 0.116 e. The largest absolute Gasteiger partial charge is 0.269 e. The SMILES string of the molecule is CCCn1ncc(-c2cn(CCC3C(C)NNC3C)nn2)c1C. The molecule has 0 amide bonds. The van der Waals surface area contributed by atoms with Crippen molar-refractivity contribution in [1.29, 1.82) is 0 Å². The van der Waals surface area contributed by atoms with Crippen LogP contribution in [0.5, 0.6) is 0 Å². The minimum absolute atomic E-state index is 0.488. The fourth-order valence-electron chi connectivity index (χ4n) is 3.36. The summed E-state index contributed by atoms with van der Waals surface area (Å²) in [7, 11) is 0. The number of nitrogens with one attached hydrogen (secondary N) is 2. The van der Waals surface area contributed by atoms with Crippen molar-refractivity contribution in [1.82, 2.24) is 35.6 Å². The van der Waals surface area contributed by atoms with E-state index in [0.29, 0.717) is 18.0 Å². The summed E-state index contributed by atoms with van der Waals surface area (Å²) in [6.07, 6.45) is 6.09. The third-order valence-electron chi connectivity index (χ3n) is 4.87. The van der Waals surface area contributed by atoms with E-state index in [9.17, 15) is 0 Å². The van der Waals surface area contributed by atoms with E-state index in [1.807, 2.05) is 21.8 Å². The minimum Gasteiger partial charge on any atom is -0.269 e. The summed E-state index contributed by atoms with van der Waals surface area (Å²) < 4.78 is 3.98. The van der Waals surface area contributed by atoms with E-state index in [0.717, 1.165) is 42.9 Å². The number of aromatic nitrogens is 5. The van der Waals surface area contributed by atoms with Crippen molar-refractivity contribution in [2.75, 3.05) is 0 Å².